The Labute approximate surface area is 162 Å². The lowest BCUT2D eigenvalue weighted by Crippen LogP contribution is -2.27. The first kappa shape index (κ1) is 19.4. The summed E-state index contributed by atoms with van der Waals surface area (Å²) in [5, 5.41) is 8.74. The van der Waals surface area contributed by atoms with Crippen molar-refractivity contribution in [3.05, 3.63) is 59.7 Å². The number of aliphatic imine (C=N–C) groups is 1. The lowest BCUT2D eigenvalue weighted by molar-refractivity contribution is -0.145. The molecule has 0 saturated heterocycles. The van der Waals surface area contributed by atoms with Crippen molar-refractivity contribution in [2.24, 2.45) is 4.99 Å². The van der Waals surface area contributed by atoms with Crippen molar-refractivity contribution >= 4 is 21.8 Å². The molecule has 0 amide bonds. The average molecular weight is 399 g/mol. The Morgan fingerprint density at radius 3 is 2.61 bits per heavy atom. The fourth-order valence-corrected chi connectivity index (χ4v) is 3.76. The average Bonchev–Trinajstić information content (AvgIpc) is 2.96. The van der Waals surface area contributed by atoms with Crippen LogP contribution in [0.25, 0.3) is 0 Å². The van der Waals surface area contributed by atoms with Crippen LogP contribution in [0.3, 0.4) is 0 Å². The summed E-state index contributed by atoms with van der Waals surface area (Å²) in [6, 6.07) is 14.1. The van der Waals surface area contributed by atoms with Gasteiger partial charge in [0.05, 0.1) is 16.5 Å². The van der Waals surface area contributed by atoms with Crippen LogP contribution in [0, 0.1) is 11.3 Å². The highest BCUT2D eigenvalue weighted by atomic mass is 32.2. The van der Waals surface area contributed by atoms with Crippen molar-refractivity contribution < 1.29 is 22.7 Å². The minimum absolute atomic E-state index is 0.0103. The maximum absolute atomic E-state index is 12.1. The van der Waals surface area contributed by atoms with Crippen LogP contribution in [-0.2, 0) is 19.6 Å². The fraction of sp³-hybridized carbons (Fsp3) is 0.211. The molecule has 0 aliphatic carbocycles. The second-order valence-corrected chi connectivity index (χ2v) is 7.56. The number of nitrogens with zero attached hydrogens (tertiary/aromatic N) is 2. The minimum Gasteiger partial charge on any atom is -0.490 e. The van der Waals surface area contributed by atoms with E-state index in [-0.39, 0.29) is 23.9 Å². The van der Waals surface area contributed by atoms with Crippen molar-refractivity contribution in [1.29, 1.82) is 5.26 Å². The number of hydrogen-bond donors (Lipinski definition) is 1. The largest absolute Gasteiger partial charge is 0.490 e. The van der Waals surface area contributed by atoms with Gasteiger partial charge in [-0.3, -0.25) is 9.71 Å². The van der Waals surface area contributed by atoms with Crippen LogP contribution in [0.15, 0.2) is 58.4 Å². The van der Waals surface area contributed by atoms with Gasteiger partial charge in [0.25, 0.3) is 10.0 Å². The van der Waals surface area contributed by atoms with Gasteiger partial charge in [-0.2, -0.15) is 5.26 Å². The monoisotopic (exact) mass is 399 g/mol. The number of amidine groups is 1. The normalized spacial score (nSPS) is 16.5. The summed E-state index contributed by atoms with van der Waals surface area (Å²) in [5.41, 5.74) is 0.946. The fourth-order valence-electron chi connectivity index (χ4n) is 2.52. The lowest BCUT2D eigenvalue weighted by Gasteiger charge is -2.10. The van der Waals surface area contributed by atoms with E-state index in [1.165, 1.54) is 13.0 Å². The van der Waals surface area contributed by atoms with Crippen molar-refractivity contribution in [2.45, 2.75) is 17.9 Å². The number of carbonyl (C=O) groups is 1. The third kappa shape index (κ3) is 4.29. The van der Waals surface area contributed by atoms with E-state index < -0.39 is 22.0 Å². The molecule has 0 radical (unpaired) electrons. The van der Waals surface area contributed by atoms with E-state index >= 15 is 0 Å². The second kappa shape index (κ2) is 8.10. The van der Waals surface area contributed by atoms with Crippen LogP contribution < -0.4 is 9.46 Å². The molecule has 9 heteroatoms. The van der Waals surface area contributed by atoms with E-state index in [1.54, 1.807) is 42.5 Å². The summed E-state index contributed by atoms with van der Waals surface area (Å²) in [4.78, 5) is 16.4. The highest BCUT2D eigenvalue weighted by Crippen LogP contribution is 2.22. The van der Waals surface area contributed by atoms with Crippen LogP contribution in [0.4, 0.5) is 0 Å². The van der Waals surface area contributed by atoms with Gasteiger partial charge < -0.3 is 9.47 Å². The number of carbonyl (C=O) groups excluding carboxylic acids is 1. The van der Waals surface area contributed by atoms with Crippen LogP contribution >= 0.6 is 0 Å². The van der Waals surface area contributed by atoms with Gasteiger partial charge in [-0.15, -0.1) is 0 Å². The van der Waals surface area contributed by atoms with E-state index in [0.717, 1.165) is 0 Å². The summed E-state index contributed by atoms with van der Waals surface area (Å²) < 4.78 is 37.0. The maximum Gasteiger partial charge on any atom is 0.330 e. The van der Waals surface area contributed by atoms with Crippen LogP contribution in [0.2, 0.25) is 0 Å². The molecule has 2 aromatic carbocycles. The zero-order valence-electron chi connectivity index (χ0n) is 15.0. The van der Waals surface area contributed by atoms with Gasteiger partial charge in [0.2, 0.25) is 0 Å². The molecule has 1 aliphatic heterocycles. The highest BCUT2D eigenvalue weighted by molar-refractivity contribution is 7.90. The van der Waals surface area contributed by atoms with Gasteiger partial charge in [0.1, 0.15) is 30.8 Å². The summed E-state index contributed by atoms with van der Waals surface area (Å²) in [6.45, 7) is 1.67. The van der Waals surface area contributed by atoms with Crippen molar-refractivity contribution in [1.82, 2.24) is 4.72 Å². The Hall–Kier alpha value is -3.38. The summed E-state index contributed by atoms with van der Waals surface area (Å²) >= 11 is 0. The van der Waals surface area contributed by atoms with Gasteiger partial charge in [-0.05, 0) is 43.3 Å². The van der Waals surface area contributed by atoms with Crippen molar-refractivity contribution in [3.8, 4) is 11.8 Å². The molecule has 144 valence electrons. The molecule has 3 rings (SSSR count). The molecule has 1 atom stereocenters. The number of nitriles is 1. The zero-order valence-corrected chi connectivity index (χ0v) is 15.8. The van der Waals surface area contributed by atoms with E-state index in [4.69, 9.17) is 14.7 Å². The number of benzene rings is 2. The molecule has 0 fully saturated rings. The summed E-state index contributed by atoms with van der Waals surface area (Å²) in [7, 11) is -3.66. The SMILES string of the molecule is CC(N=C1NS(=O)(=O)c2ccccc21)C(=O)OCCOc1ccc(C#N)cc1. The summed E-state index contributed by atoms with van der Waals surface area (Å²) in [6.07, 6.45) is 0. The Morgan fingerprint density at radius 2 is 1.89 bits per heavy atom. The molecule has 2 aromatic rings. The van der Waals surface area contributed by atoms with Gasteiger partial charge >= 0.3 is 5.97 Å². The molecule has 8 nitrogen and oxygen atoms in total. The molecule has 0 aromatic heterocycles. The number of sulfonamides is 1. The minimum atomic E-state index is -3.66. The third-order valence-electron chi connectivity index (χ3n) is 3.91. The lowest BCUT2D eigenvalue weighted by atomic mass is 10.2. The Kier molecular flexibility index (Phi) is 5.61. The predicted octanol–water partition coefficient (Wildman–Crippen LogP) is 1.61. The molecule has 0 bridgehead atoms. The molecule has 1 aliphatic rings. The van der Waals surface area contributed by atoms with E-state index in [9.17, 15) is 13.2 Å². The van der Waals surface area contributed by atoms with Crippen molar-refractivity contribution in [3.63, 3.8) is 0 Å². The Balaban J connectivity index is 1.54. The summed E-state index contributed by atoms with van der Waals surface area (Å²) in [5.74, 6) is 0.0775. The Bertz CT molecular complexity index is 1060. The molecule has 28 heavy (non-hydrogen) atoms. The number of ether oxygens (including phenoxy) is 2. The number of nitrogens with one attached hydrogen (secondary N) is 1. The second-order valence-electron chi connectivity index (χ2n) is 5.91. The molecular weight excluding hydrogens is 382 g/mol. The highest BCUT2D eigenvalue weighted by Gasteiger charge is 2.31. The molecule has 1 unspecified atom stereocenters. The first-order valence-corrected chi connectivity index (χ1v) is 9.88. The molecular formula is C19H17N3O5S. The van der Waals surface area contributed by atoms with Gasteiger partial charge in [0, 0.05) is 5.56 Å². The van der Waals surface area contributed by atoms with Crippen LogP contribution in [-0.4, -0.2) is 39.5 Å². The Morgan fingerprint density at radius 1 is 1.18 bits per heavy atom. The first-order chi connectivity index (χ1) is 13.4. The van der Waals surface area contributed by atoms with Crippen LogP contribution in [0.5, 0.6) is 5.75 Å². The van der Waals surface area contributed by atoms with E-state index in [1.807, 2.05) is 6.07 Å². The topological polar surface area (TPSA) is 118 Å². The predicted molar refractivity (Wildman–Crippen MR) is 100 cm³/mol. The molecule has 1 N–H and O–H groups in total. The van der Waals surface area contributed by atoms with Crippen molar-refractivity contribution in [2.75, 3.05) is 13.2 Å². The number of rotatable bonds is 6. The quantitative estimate of drug-likeness (QED) is 0.582. The number of hydrogen-bond acceptors (Lipinski definition) is 7. The first-order valence-electron chi connectivity index (χ1n) is 8.40. The zero-order chi connectivity index (χ0) is 20.1. The van der Waals surface area contributed by atoms with Gasteiger partial charge in [-0.1, -0.05) is 12.1 Å². The van der Waals surface area contributed by atoms with E-state index in [2.05, 4.69) is 9.71 Å². The third-order valence-corrected chi connectivity index (χ3v) is 5.30. The smallest absolute Gasteiger partial charge is 0.330 e. The maximum atomic E-state index is 12.1. The number of fused-ring (bicyclic) bond motifs is 1. The number of esters is 1. The van der Waals surface area contributed by atoms with Gasteiger partial charge in [0.15, 0.2) is 0 Å². The van der Waals surface area contributed by atoms with E-state index in [0.29, 0.717) is 16.9 Å². The van der Waals surface area contributed by atoms with Gasteiger partial charge in [-0.25, -0.2) is 13.2 Å². The van der Waals surface area contributed by atoms with Crippen LogP contribution in [0.1, 0.15) is 18.1 Å². The molecule has 1 heterocycles. The molecule has 0 spiro atoms. The molecule has 0 saturated carbocycles. The standard InChI is InChI=1S/C19H17N3O5S/c1-13(21-18-16-4-2-3-5-17(16)28(24,25)22-18)19(23)27-11-10-26-15-8-6-14(12-20)7-9-15/h2-9,13H,10-11H2,1H3,(H,21,22).